The Balaban J connectivity index is 4.20. The van der Waals surface area contributed by atoms with E-state index in [1.54, 1.807) is 0 Å². The Morgan fingerprint density at radius 1 is 1.25 bits per heavy atom. The molecule has 0 bridgehead atoms. The van der Waals surface area contributed by atoms with Crippen LogP contribution in [-0.2, 0) is 0 Å². The Morgan fingerprint density at radius 3 is 2.12 bits per heavy atom. The molecule has 3 heteroatoms. The zero-order valence-corrected chi connectivity index (χ0v) is 12.3. The molecule has 0 radical (unpaired) electrons. The maximum absolute atomic E-state index is 4.65. The largest absolute Gasteiger partial charge is 0.369 e. The second kappa shape index (κ2) is 6.24. The lowest BCUT2D eigenvalue weighted by Gasteiger charge is -2.25. The molecule has 0 aromatic rings. The normalized spacial score (nSPS) is 15.8. The van der Waals surface area contributed by atoms with Crippen molar-refractivity contribution < 1.29 is 0 Å². The van der Waals surface area contributed by atoms with Crippen LogP contribution in [0, 0.1) is 0 Å². The minimum absolute atomic E-state index is 0.0945. The van der Waals surface area contributed by atoms with Crippen LogP contribution in [0.25, 0.3) is 0 Å². The summed E-state index contributed by atoms with van der Waals surface area (Å²) < 4.78 is 0. The summed E-state index contributed by atoms with van der Waals surface area (Å²) in [6.45, 7) is 16.1. The molecule has 0 saturated heterocycles. The number of hydrogen-bond acceptors (Lipinski definition) is 2. The van der Waals surface area contributed by atoms with Gasteiger partial charge in [0.1, 0.15) is 0 Å². The van der Waals surface area contributed by atoms with E-state index in [1.165, 1.54) is 0 Å². The van der Waals surface area contributed by atoms with Crippen LogP contribution >= 0.6 is 0 Å². The van der Waals surface area contributed by atoms with Crippen molar-refractivity contribution in [1.82, 2.24) is 10.2 Å². The SMILES string of the molecule is CC(=NC(C)CN(C)C(C)C)NC(C)(C)C. The molecule has 0 aliphatic carbocycles. The van der Waals surface area contributed by atoms with Crippen LogP contribution in [0.3, 0.4) is 0 Å². The van der Waals surface area contributed by atoms with Gasteiger partial charge >= 0.3 is 0 Å². The molecule has 0 aromatic heterocycles. The Bertz CT molecular complexity index is 226. The standard InChI is InChI=1S/C13H29N3/c1-10(2)16(8)9-11(3)14-12(4)15-13(5,6)7/h10-11H,9H2,1-8H3,(H,14,15). The fourth-order valence-corrected chi connectivity index (χ4v) is 1.57. The molecule has 0 heterocycles. The Hall–Kier alpha value is -0.570. The van der Waals surface area contributed by atoms with Crippen LogP contribution in [0.5, 0.6) is 0 Å². The van der Waals surface area contributed by atoms with Crippen LogP contribution in [-0.4, -0.2) is 42.0 Å². The molecular weight excluding hydrogens is 198 g/mol. The van der Waals surface area contributed by atoms with Crippen LogP contribution in [0.15, 0.2) is 4.99 Å². The molecule has 96 valence electrons. The number of aliphatic imine (C=N–C) groups is 1. The molecule has 1 N–H and O–H groups in total. The van der Waals surface area contributed by atoms with Gasteiger partial charge in [-0.05, 0) is 55.5 Å². The highest BCUT2D eigenvalue weighted by molar-refractivity contribution is 5.80. The van der Waals surface area contributed by atoms with Gasteiger partial charge in [0.15, 0.2) is 0 Å². The fourth-order valence-electron chi connectivity index (χ4n) is 1.57. The summed E-state index contributed by atoms with van der Waals surface area (Å²) in [6, 6.07) is 0.913. The van der Waals surface area contributed by atoms with E-state index < -0.39 is 0 Å². The van der Waals surface area contributed by atoms with Crippen molar-refractivity contribution in [3.05, 3.63) is 0 Å². The highest BCUT2D eigenvalue weighted by Crippen LogP contribution is 2.02. The van der Waals surface area contributed by atoms with Crippen LogP contribution in [0.1, 0.15) is 48.5 Å². The van der Waals surface area contributed by atoms with Gasteiger partial charge in [0.2, 0.25) is 0 Å². The minimum atomic E-state index is 0.0945. The highest BCUT2D eigenvalue weighted by atomic mass is 15.1. The summed E-state index contributed by atoms with van der Waals surface area (Å²) in [5.74, 6) is 1.03. The number of amidine groups is 1. The quantitative estimate of drug-likeness (QED) is 0.590. The predicted octanol–water partition coefficient (Wildman–Crippen LogP) is 2.52. The van der Waals surface area contributed by atoms with E-state index in [4.69, 9.17) is 0 Å². The van der Waals surface area contributed by atoms with E-state index in [1.807, 2.05) is 6.92 Å². The van der Waals surface area contributed by atoms with Gasteiger partial charge < -0.3 is 10.2 Å². The van der Waals surface area contributed by atoms with E-state index >= 15 is 0 Å². The smallest absolute Gasteiger partial charge is 0.0939 e. The lowest BCUT2D eigenvalue weighted by Crippen LogP contribution is -2.40. The van der Waals surface area contributed by atoms with Crippen molar-refractivity contribution in [2.24, 2.45) is 4.99 Å². The van der Waals surface area contributed by atoms with E-state index in [0.29, 0.717) is 12.1 Å². The van der Waals surface area contributed by atoms with Gasteiger partial charge in [-0.1, -0.05) is 0 Å². The molecule has 0 aliphatic heterocycles. The predicted molar refractivity (Wildman–Crippen MR) is 73.2 cm³/mol. The van der Waals surface area contributed by atoms with Crippen molar-refractivity contribution in [2.75, 3.05) is 13.6 Å². The third kappa shape index (κ3) is 7.69. The first-order valence-electron chi connectivity index (χ1n) is 6.14. The maximum atomic E-state index is 4.65. The monoisotopic (exact) mass is 227 g/mol. The Kier molecular flexibility index (Phi) is 6.01. The first-order chi connectivity index (χ1) is 7.11. The van der Waals surface area contributed by atoms with E-state index in [9.17, 15) is 0 Å². The van der Waals surface area contributed by atoms with Crippen molar-refractivity contribution >= 4 is 5.84 Å². The van der Waals surface area contributed by atoms with Gasteiger partial charge in [0.05, 0.1) is 11.9 Å². The van der Waals surface area contributed by atoms with Gasteiger partial charge in [0.25, 0.3) is 0 Å². The Morgan fingerprint density at radius 2 is 1.75 bits per heavy atom. The third-order valence-electron chi connectivity index (χ3n) is 2.40. The molecule has 16 heavy (non-hydrogen) atoms. The van der Waals surface area contributed by atoms with Gasteiger partial charge in [-0.15, -0.1) is 0 Å². The Labute approximate surface area is 101 Å². The van der Waals surface area contributed by atoms with Crippen molar-refractivity contribution in [3.63, 3.8) is 0 Å². The summed E-state index contributed by atoms with van der Waals surface area (Å²) in [5, 5.41) is 3.38. The van der Waals surface area contributed by atoms with E-state index in [0.717, 1.165) is 12.4 Å². The average molecular weight is 227 g/mol. The molecule has 0 fully saturated rings. The topological polar surface area (TPSA) is 27.6 Å². The molecule has 1 unspecified atom stereocenters. The summed E-state index contributed by atoms with van der Waals surface area (Å²) in [6.07, 6.45) is 0. The molecule has 0 amide bonds. The number of likely N-dealkylation sites (N-methyl/N-ethyl adjacent to an activating group) is 1. The summed E-state index contributed by atoms with van der Waals surface area (Å²) in [7, 11) is 2.14. The molecular formula is C13H29N3. The molecule has 0 saturated carbocycles. The number of nitrogens with zero attached hydrogens (tertiary/aromatic N) is 2. The highest BCUT2D eigenvalue weighted by Gasteiger charge is 2.11. The van der Waals surface area contributed by atoms with Crippen LogP contribution < -0.4 is 5.32 Å². The fraction of sp³-hybridized carbons (Fsp3) is 0.923. The number of hydrogen-bond donors (Lipinski definition) is 1. The van der Waals surface area contributed by atoms with E-state index in [2.05, 4.69) is 63.8 Å². The molecule has 0 aromatic carbocycles. The van der Waals surface area contributed by atoms with Crippen LogP contribution in [0.2, 0.25) is 0 Å². The third-order valence-corrected chi connectivity index (χ3v) is 2.40. The van der Waals surface area contributed by atoms with Crippen LogP contribution in [0.4, 0.5) is 0 Å². The van der Waals surface area contributed by atoms with Gasteiger partial charge in [-0.25, -0.2) is 0 Å². The number of nitrogens with one attached hydrogen (secondary N) is 1. The van der Waals surface area contributed by atoms with Gasteiger partial charge in [-0.2, -0.15) is 0 Å². The molecule has 3 nitrogen and oxygen atoms in total. The molecule has 1 atom stereocenters. The zero-order valence-electron chi connectivity index (χ0n) is 12.3. The lowest BCUT2D eigenvalue weighted by molar-refractivity contribution is 0.262. The maximum Gasteiger partial charge on any atom is 0.0939 e. The molecule has 0 spiro atoms. The van der Waals surface area contributed by atoms with Crippen molar-refractivity contribution in [2.45, 2.75) is 66.1 Å². The van der Waals surface area contributed by atoms with Gasteiger partial charge in [-0.3, -0.25) is 4.99 Å². The first kappa shape index (κ1) is 15.4. The summed E-state index contributed by atoms with van der Waals surface area (Å²) in [4.78, 5) is 6.97. The summed E-state index contributed by atoms with van der Waals surface area (Å²) >= 11 is 0. The minimum Gasteiger partial charge on any atom is -0.369 e. The number of rotatable bonds is 4. The first-order valence-corrected chi connectivity index (χ1v) is 6.14. The van der Waals surface area contributed by atoms with Gasteiger partial charge in [0, 0.05) is 18.1 Å². The second-order valence-electron chi connectivity index (χ2n) is 5.97. The summed E-state index contributed by atoms with van der Waals surface area (Å²) in [5.41, 5.74) is 0.0945. The average Bonchev–Trinajstić information content (AvgIpc) is 1.98. The zero-order chi connectivity index (χ0) is 12.9. The lowest BCUT2D eigenvalue weighted by atomic mass is 10.1. The molecule has 0 rings (SSSR count). The second-order valence-corrected chi connectivity index (χ2v) is 5.97. The van der Waals surface area contributed by atoms with Crippen molar-refractivity contribution in [1.29, 1.82) is 0 Å². The van der Waals surface area contributed by atoms with Crippen molar-refractivity contribution in [3.8, 4) is 0 Å². The van der Waals surface area contributed by atoms with E-state index in [-0.39, 0.29) is 5.54 Å². The molecule has 0 aliphatic rings.